The number of aryl methyl sites for hydroxylation is 1. The third-order valence-electron chi connectivity index (χ3n) is 4.63. The van der Waals surface area contributed by atoms with Gasteiger partial charge in [-0.3, -0.25) is 4.79 Å². The summed E-state index contributed by atoms with van der Waals surface area (Å²) in [5, 5.41) is 18.9. The quantitative estimate of drug-likeness (QED) is 0.281. The molecule has 0 spiro atoms. The van der Waals surface area contributed by atoms with E-state index in [-0.39, 0.29) is 17.3 Å². The Bertz CT molecular complexity index is 1300. The number of hydrogen-bond acceptors (Lipinski definition) is 10. The molecule has 4 aromatic rings. The van der Waals surface area contributed by atoms with Gasteiger partial charge in [-0.05, 0) is 53.5 Å². The number of nitrogens with zero attached hydrogens (tertiary/aromatic N) is 6. The maximum Gasteiger partial charge on any atom is 0.292 e. The van der Waals surface area contributed by atoms with Crippen molar-refractivity contribution in [1.82, 2.24) is 30.7 Å². The Hall–Kier alpha value is -4.74. The van der Waals surface area contributed by atoms with Crippen molar-refractivity contribution in [2.45, 2.75) is 20.5 Å². The van der Waals surface area contributed by atoms with Crippen molar-refractivity contribution in [1.29, 1.82) is 0 Å². The molecule has 0 saturated carbocycles. The fourth-order valence-electron chi connectivity index (χ4n) is 3.05. The van der Waals surface area contributed by atoms with Crippen LogP contribution in [-0.4, -0.2) is 44.0 Å². The number of nitrogens with two attached hydrogens (primary N) is 1. The van der Waals surface area contributed by atoms with Crippen LogP contribution in [0.3, 0.4) is 0 Å². The van der Waals surface area contributed by atoms with Gasteiger partial charge < -0.3 is 15.2 Å². The van der Waals surface area contributed by atoms with Gasteiger partial charge in [0.2, 0.25) is 11.6 Å². The summed E-state index contributed by atoms with van der Waals surface area (Å²) in [7, 11) is 0. The highest BCUT2D eigenvalue weighted by Crippen LogP contribution is 2.29. The number of nitrogen functional groups attached to an aromatic ring is 1. The third kappa shape index (κ3) is 5.01. The highest BCUT2D eigenvalue weighted by molar-refractivity contribution is 5.94. The van der Waals surface area contributed by atoms with Crippen LogP contribution in [0.4, 0.5) is 5.82 Å². The summed E-state index contributed by atoms with van der Waals surface area (Å²) in [6.45, 7) is 4.39. The van der Waals surface area contributed by atoms with Crippen LogP contribution in [-0.2, 0) is 6.61 Å². The molecule has 0 aliphatic heterocycles. The zero-order valence-corrected chi connectivity index (χ0v) is 18.5. The van der Waals surface area contributed by atoms with Crippen LogP contribution < -0.4 is 20.6 Å². The first-order valence-corrected chi connectivity index (χ1v) is 10.3. The molecule has 0 fully saturated rings. The molecule has 2 heterocycles. The second kappa shape index (κ2) is 10.3. The van der Waals surface area contributed by atoms with E-state index >= 15 is 0 Å². The Morgan fingerprint density at radius 2 is 2.00 bits per heavy atom. The number of carbonyl (C=O) groups excluding carboxylic acids is 1. The van der Waals surface area contributed by atoms with Crippen molar-refractivity contribution < 1.29 is 18.9 Å². The van der Waals surface area contributed by atoms with Crippen molar-refractivity contribution >= 4 is 17.9 Å². The Morgan fingerprint density at radius 3 is 2.74 bits per heavy atom. The van der Waals surface area contributed by atoms with E-state index < -0.39 is 5.91 Å². The molecule has 0 radical (unpaired) electrons. The first-order chi connectivity index (χ1) is 16.6. The second-order valence-corrected chi connectivity index (χ2v) is 7.02. The number of amides is 1. The van der Waals surface area contributed by atoms with Crippen LogP contribution in [0.5, 0.6) is 11.5 Å². The molecule has 0 bridgehead atoms. The van der Waals surface area contributed by atoms with Gasteiger partial charge in [-0.25, -0.2) is 10.1 Å². The number of hydrogen-bond donors (Lipinski definition) is 2. The standard InChI is InChI=1S/C22H22N8O4/c1-3-32-18-11-16(9-10-17(18)33-13-15-7-5-4-6-8-15)12-24-26-22(31)19-14(2)25-29-30(19)21-20(23)27-34-28-21/h4-12H,3,13H2,1-2H3,(H2,23,27)(H,26,31)/b24-12+. The van der Waals surface area contributed by atoms with E-state index in [1.54, 1.807) is 25.1 Å². The molecule has 1 amide bonds. The maximum atomic E-state index is 12.7. The second-order valence-electron chi connectivity index (χ2n) is 7.02. The smallest absolute Gasteiger partial charge is 0.292 e. The van der Waals surface area contributed by atoms with Gasteiger partial charge in [0.15, 0.2) is 17.2 Å². The molecule has 2 aromatic carbocycles. The number of rotatable bonds is 9. The van der Waals surface area contributed by atoms with Crippen molar-refractivity contribution in [3.05, 3.63) is 71.0 Å². The topological polar surface area (TPSA) is 156 Å². The average Bonchev–Trinajstić information content (AvgIpc) is 3.44. The molecule has 3 N–H and O–H groups in total. The first-order valence-electron chi connectivity index (χ1n) is 10.3. The molecular formula is C22H22N8O4. The van der Waals surface area contributed by atoms with Gasteiger partial charge in [-0.2, -0.15) is 9.78 Å². The monoisotopic (exact) mass is 462 g/mol. The van der Waals surface area contributed by atoms with Crippen LogP contribution in [0.1, 0.15) is 34.2 Å². The van der Waals surface area contributed by atoms with Crippen molar-refractivity contribution in [2.75, 3.05) is 12.3 Å². The Morgan fingerprint density at radius 1 is 1.18 bits per heavy atom. The summed E-state index contributed by atoms with van der Waals surface area (Å²) >= 11 is 0. The minimum atomic E-state index is -0.561. The Balaban J connectivity index is 1.46. The lowest BCUT2D eigenvalue weighted by molar-refractivity contribution is 0.0946. The minimum absolute atomic E-state index is 0.0273. The van der Waals surface area contributed by atoms with Crippen molar-refractivity contribution in [3.63, 3.8) is 0 Å². The van der Waals surface area contributed by atoms with Gasteiger partial charge in [-0.15, -0.1) is 5.10 Å². The molecular weight excluding hydrogens is 440 g/mol. The predicted octanol–water partition coefficient (Wildman–Crippen LogP) is 2.28. The maximum absolute atomic E-state index is 12.7. The average molecular weight is 462 g/mol. The molecule has 0 aliphatic carbocycles. The molecule has 0 saturated heterocycles. The van der Waals surface area contributed by atoms with Crippen molar-refractivity contribution in [3.8, 4) is 17.3 Å². The molecule has 12 nitrogen and oxygen atoms in total. The van der Waals surface area contributed by atoms with Crippen molar-refractivity contribution in [2.24, 2.45) is 5.10 Å². The minimum Gasteiger partial charge on any atom is -0.490 e. The van der Waals surface area contributed by atoms with Gasteiger partial charge in [0, 0.05) is 0 Å². The van der Waals surface area contributed by atoms with Crippen LogP contribution in [0.15, 0.2) is 58.3 Å². The largest absolute Gasteiger partial charge is 0.490 e. The molecule has 34 heavy (non-hydrogen) atoms. The fourth-order valence-corrected chi connectivity index (χ4v) is 3.05. The summed E-state index contributed by atoms with van der Waals surface area (Å²) in [6, 6.07) is 15.2. The Kier molecular flexibility index (Phi) is 6.77. The zero-order chi connectivity index (χ0) is 23.9. The number of ether oxygens (including phenoxy) is 2. The molecule has 174 valence electrons. The van der Waals surface area contributed by atoms with E-state index in [1.807, 2.05) is 37.3 Å². The van der Waals surface area contributed by atoms with Crippen LogP contribution >= 0.6 is 0 Å². The summed E-state index contributed by atoms with van der Waals surface area (Å²) < 4.78 is 17.3. The van der Waals surface area contributed by atoms with Gasteiger partial charge in [0.1, 0.15) is 6.61 Å². The fraction of sp³-hybridized carbons (Fsp3) is 0.182. The summed E-state index contributed by atoms with van der Waals surface area (Å²) in [5.74, 6) is 0.647. The van der Waals surface area contributed by atoms with Gasteiger partial charge in [0.05, 0.1) is 18.5 Å². The van der Waals surface area contributed by atoms with Gasteiger partial charge in [0.25, 0.3) is 5.91 Å². The molecule has 0 aliphatic rings. The number of nitrogens with one attached hydrogen (secondary N) is 1. The molecule has 12 heteroatoms. The lowest BCUT2D eigenvalue weighted by Gasteiger charge is -2.12. The first kappa shape index (κ1) is 22.5. The van der Waals surface area contributed by atoms with E-state index in [0.717, 1.165) is 10.2 Å². The van der Waals surface area contributed by atoms with E-state index in [2.05, 4.69) is 35.8 Å². The number of anilines is 1. The van der Waals surface area contributed by atoms with Crippen LogP contribution in [0, 0.1) is 6.92 Å². The van der Waals surface area contributed by atoms with E-state index in [9.17, 15) is 4.79 Å². The van der Waals surface area contributed by atoms with Crippen LogP contribution in [0.2, 0.25) is 0 Å². The number of aromatic nitrogens is 5. The third-order valence-corrected chi connectivity index (χ3v) is 4.63. The number of benzene rings is 2. The summed E-state index contributed by atoms with van der Waals surface area (Å²) in [6.07, 6.45) is 1.48. The number of carbonyl (C=O) groups is 1. The molecule has 2 aromatic heterocycles. The zero-order valence-electron chi connectivity index (χ0n) is 18.5. The van der Waals surface area contributed by atoms with E-state index in [0.29, 0.717) is 36.0 Å². The van der Waals surface area contributed by atoms with Gasteiger partial charge >= 0.3 is 0 Å². The number of hydrazone groups is 1. The highest BCUT2D eigenvalue weighted by atomic mass is 16.6. The SMILES string of the molecule is CCOc1cc(/C=N/NC(=O)c2c(C)nnn2-c2nonc2N)ccc1OCc1ccccc1. The molecule has 0 atom stereocenters. The Labute approximate surface area is 194 Å². The lowest BCUT2D eigenvalue weighted by atomic mass is 10.2. The lowest BCUT2D eigenvalue weighted by Crippen LogP contribution is -2.22. The van der Waals surface area contributed by atoms with Gasteiger partial charge in [-0.1, -0.05) is 35.5 Å². The van der Waals surface area contributed by atoms with E-state index in [1.165, 1.54) is 6.21 Å². The molecule has 0 unspecified atom stereocenters. The van der Waals surface area contributed by atoms with Crippen LogP contribution in [0.25, 0.3) is 5.82 Å². The molecule has 4 rings (SSSR count). The van der Waals surface area contributed by atoms with E-state index in [4.69, 9.17) is 15.2 Å². The summed E-state index contributed by atoms with van der Waals surface area (Å²) in [4.78, 5) is 12.7. The highest BCUT2D eigenvalue weighted by Gasteiger charge is 2.22. The normalized spacial score (nSPS) is 11.0. The predicted molar refractivity (Wildman–Crippen MR) is 122 cm³/mol. The summed E-state index contributed by atoms with van der Waals surface area (Å²) in [5.41, 5.74) is 10.3.